The van der Waals surface area contributed by atoms with Gasteiger partial charge in [-0.25, -0.2) is 0 Å². The fourth-order valence-electron chi connectivity index (χ4n) is 0. The molecule has 0 saturated carbocycles. The third kappa shape index (κ3) is 139. The summed E-state index contributed by atoms with van der Waals surface area (Å²) in [5.74, 6) is 8.00. The molecule has 0 fully saturated rings. The van der Waals surface area contributed by atoms with Crippen molar-refractivity contribution in [1.29, 1.82) is 0 Å². The molecule has 0 aromatic rings. The summed E-state index contributed by atoms with van der Waals surface area (Å²) in [7, 11) is 0. The van der Waals surface area contributed by atoms with Crippen molar-refractivity contribution in [3.05, 3.63) is 30.6 Å². The first-order chi connectivity index (χ1) is 4.46. The molecule has 0 unspecified atom stereocenters. The second kappa shape index (κ2) is 34.9. The van der Waals surface area contributed by atoms with Gasteiger partial charge in [0.2, 0.25) is 0 Å². The largest absolute Gasteiger partial charge is 0.369 e. The molecule has 0 spiro atoms. The van der Waals surface area contributed by atoms with Crippen LogP contribution in [0.2, 0.25) is 0 Å². The summed E-state index contributed by atoms with van der Waals surface area (Å²) < 4.78 is 0. The van der Waals surface area contributed by atoms with Crippen molar-refractivity contribution >= 4 is 0 Å². The molecule has 0 aliphatic carbocycles. The highest BCUT2D eigenvalue weighted by atomic mass is 16.9. The minimum Gasteiger partial charge on any atom is -0.369 e. The van der Waals surface area contributed by atoms with E-state index in [1.54, 1.807) is 0 Å². The molecule has 0 heterocycles. The van der Waals surface area contributed by atoms with Crippen molar-refractivity contribution in [1.82, 2.24) is 12.3 Å². The molecule has 12 N–H and O–H groups in total. The van der Waals surface area contributed by atoms with Crippen molar-refractivity contribution in [2.24, 2.45) is 11.7 Å². The first kappa shape index (κ1) is 31.8. The highest BCUT2D eigenvalue weighted by Gasteiger charge is 1.46. The molecule has 0 atom stereocenters. The molecular weight excluding hydrogens is 180 g/mol. The Morgan fingerprint density at radius 2 is 0.750 bits per heavy atom. The summed E-state index contributed by atoms with van der Waals surface area (Å²) in [6.45, 7) is 0. The number of hydrogen-bond acceptors (Lipinski definition) is 8. The van der Waals surface area contributed by atoms with E-state index >= 15 is 0 Å². The average Bonchev–Trinajstić information content (AvgIpc) is 1.66. The van der Waals surface area contributed by atoms with E-state index in [4.69, 9.17) is 30.6 Å². The lowest BCUT2D eigenvalue weighted by atomic mass is 13.0. The van der Waals surface area contributed by atoms with Gasteiger partial charge in [-0.05, 0) is 0 Å². The van der Waals surface area contributed by atoms with Crippen LogP contribution < -0.4 is 24.0 Å². The SMILES string of the molecule is NN.O=[N+]([O-])[O-].O=[N+]([O-])[O-].[NH4+].[NH4+]. The first-order valence-corrected chi connectivity index (χ1v) is 1.43. The zero-order valence-electron chi connectivity index (χ0n) is 6.50. The third-order valence-electron chi connectivity index (χ3n) is 0. The van der Waals surface area contributed by atoms with Gasteiger partial charge in [0, 0.05) is 0 Å². The van der Waals surface area contributed by atoms with Crippen molar-refractivity contribution in [2.75, 3.05) is 0 Å². The second-order valence-corrected chi connectivity index (χ2v) is 0.447. The van der Waals surface area contributed by atoms with E-state index in [0.29, 0.717) is 0 Å². The van der Waals surface area contributed by atoms with E-state index < -0.39 is 10.2 Å². The summed E-state index contributed by atoms with van der Waals surface area (Å²) >= 11 is 0. The normalized spacial score (nSPS) is 4.50. The van der Waals surface area contributed by atoms with Crippen LogP contribution in [-0.4, -0.2) is 10.2 Å². The fraction of sp³-hybridized carbons (Fsp3) is 0. The fourth-order valence-corrected chi connectivity index (χ4v) is 0. The number of hydrogen-bond donors (Lipinski definition) is 4. The Balaban J connectivity index is -0.0000000198. The van der Waals surface area contributed by atoms with Gasteiger partial charge in [-0.15, -0.1) is 0 Å². The van der Waals surface area contributed by atoms with E-state index in [-0.39, 0.29) is 12.3 Å². The lowest BCUT2D eigenvalue weighted by Gasteiger charge is -1.74. The zero-order chi connectivity index (χ0) is 9.15. The standard InChI is InChI=1S/H4N2.2NO3.2H3N/c1-2;2*2-1(3)4;;/h1-2H2;;;2*1H3/q;2*-1;;/p+2. The molecule has 0 radical (unpaired) electrons. The number of nitrogens with two attached hydrogens (primary N) is 2. The van der Waals surface area contributed by atoms with E-state index in [9.17, 15) is 0 Å². The van der Waals surface area contributed by atoms with Gasteiger partial charge in [0.15, 0.2) is 0 Å². The molecule has 0 amide bonds. The monoisotopic (exact) mass is 192 g/mol. The average molecular weight is 192 g/mol. The van der Waals surface area contributed by atoms with Crippen molar-refractivity contribution in [3.63, 3.8) is 0 Å². The van der Waals surface area contributed by atoms with E-state index in [0.717, 1.165) is 0 Å². The van der Waals surface area contributed by atoms with Gasteiger partial charge in [-0.1, -0.05) is 0 Å². The summed E-state index contributed by atoms with van der Waals surface area (Å²) in [4.78, 5) is 16.5. The second-order valence-electron chi connectivity index (χ2n) is 0.447. The quantitative estimate of drug-likeness (QED) is 0.211. The molecular formula is H12N6O6. The summed E-state index contributed by atoms with van der Waals surface area (Å²) in [5, 5.41) is 29.5. The molecule has 12 heteroatoms. The minimum absolute atomic E-state index is 0. The Labute approximate surface area is 66.1 Å². The Morgan fingerprint density at radius 3 is 0.750 bits per heavy atom. The summed E-state index contributed by atoms with van der Waals surface area (Å²) in [5.41, 5.74) is 0. The number of nitrogens with zero attached hydrogens (tertiary/aromatic N) is 2. The predicted octanol–water partition coefficient (Wildman–Crippen LogP) is -0.907. The topological polar surface area (TPSA) is 257 Å². The lowest BCUT2D eigenvalue weighted by molar-refractivity contribution is -0.403. The van der Waals surface area contributed by atoms with Crippen LogP contribution in [0, 0.1) is 30.6 Å². The highest BCUT2D eigenvalue weighted by molar-refractivity contribution is 4.04. The molecule has 0 aromatic carbocycles. The van der Waals surface area contributed by atoms with Gasteiger partial charge in [0.25, 0.3) is 0 Å². The van der Waals surface area contributed by atoms with Crippen LogP contribution >= 0.6 is 0 Å². The molecule has 0 rings (SSSR count). The van der Waals surface area contributed by atoms with Crippen LogP contribution in [0.5, 0.6) is 0 Å². The highest BCUT2D eigenvalue weighted by Crippen LogP contribution is 1.44. The lowest BCUT2D eigenvalue weighted by Crippen LogP contribution is -2.02. The molecule has 0 aliphatic heterocycles. The van der Waals surface area contributed by atoms with Gasteiger partial charge in [0.05, 0.1) is 10.2 Å². The molecule has 78 valence electrons. The van der Waals surface area contributed by atoms with Gasteiger partial charge in [-0.3, -0.25) is 11.7 Å². The molecule has 0 saturated heterocycles. The van der Waals surface area contributed by atoms with Crippen molar-refractivity contribution < 1.29 is 10.2 Å². The summed E-state index contributed by atoms with van der Waals surface area (Å²) in [6.07, 6.45) is 0. The Morgan fingerprint density at radius 1 is 0.750 bits per heavy atom. The van der Waals surface area contributed by atoms with Crippen LogP contribution in [0.3, 0.4) is 0 Å². The maximum atomic E-state index is 8.25. The molecule has 0 bridgehead atoms. The maximum Gasteiger partial charge on any atom is 0.0689 e. The zero-order valence-corrected chi connectivity index (χ0v) is 6.50. The number of hydrazine groups is 1. The van der Waals surface area contributed by atoms with Gasteiger partial charge >= 0.3 is 0 Å². The van der Waals surface area contributed by atoms with Crippen LogP contribution in [0.25, 0.3) is 0 Å². The summed E-state index contributed by atoms with van der Waals surface area (Å²) in [6, 6.07) is 0. The number of quaternary nitrogens is 2. The van der Waals surface area contributed by atoms with Gasteiger partial charge < -0.3 is 42.9 Å². The smallest absolute Gasteiger partial charge is 0.0689 e. The van der Waals surface area contributed by atoms with E-state index in [2.05, 4.69) is 11.7 Å². The van der Waals surface area contributed by atoms with Crippen molar-refractivity contribution in [2.45, 2.75) is 0 Å². The van der Waals surface area contributed by atoms with Crippen molar-refractivity contribution in [3.8, 4) is 0 Å². The molecule has 0 aromatic heterocycles. The number of rotatable bonds is 0. The van der Waals surface area contributed by atoms with E-state index in [1.807, 2.05) is 0 Å². The van der Waals surface area contributed by atoms with Crippen LogP contribution in [0.15, 0.2) is 0 Å². The Bertz CT molecular complexity index is 70.0. The minimum atomic E-state index is -1.75. The van der Waals surface area contributed by atoms with E-state index in [1.165, 1.54) is 0 Å². The van der Waals surface area contributed by atoms with Gasteiger partial charge in [0.1, 0.15) is 0 Å². The van der Waals surface area contributed by atoms with Crippen LogP contribution in [-0.2, 0) is 0 Å². The van der Waals surface area contributed by atoms with Crippen LogP contribution in [0.1, 0.15) is 0 Å². The van der Waals surface area contributed by atoms with Gasteiger partial charge in [-0.2, -0.15) is 0 Å². The Kier molecular flexibility index (Phi) is 92.6. The third-order valence-corrected chi connectivity index (χ3v) is 0. The maximum absolute atomic E-state index is 8.25. The molecule has 12 heavy (non-hydrogen) atoms. The first-order valence-electron chi connectivity index (χ1n) is 1.43. The van der Waals surface area contributed by atoms with Crippen LogP contribution in [0.4, 0.5) is 0 Å². The molecule has 0 aliphatic rings. The molecule has 12 nitrogen and oxygen atoms in total. The predicted molar refractivity (Wildman–Crippen MR) is 41.1 cm³/mol. The Hall–Kier alpha value is -1.76.